The smallest absolute Gasteiger partial charge is 0.305 e. The van der Waals surface area contributed by atoms with Crippen molar-refractivity contribution < 1.29 is 38.9 Å². The fourth-order valence-electron chi connectivity index (χ4n) is 1.84. The highest BCUT2D eigenvalue weighted by Gasteiger charge is 2.05. The number of carbonyl (C=O) groups is 4. The first-order valence-corrected chi connectivity index (χ1v) is 8.14. The highest BCUT2D eigenvalue weighted by molar-refractivity contribution is 5.71. The summed E-state index contributed by atoms with van der Waals surface area (Å²) in [5, 5.41) is 18.6. The normalized spacial score (nSPS) is 10.2. The monoisotopic (exact) mass is 345 g/mol. The fourth-order valence-corrected chi connectivity index (χ4v) is 1.84. The molecule has 138 valence electrons. The molecule has 0 aliphatic rings. The van der Waals surface area contributed by atoms with Crippen LogP contribution in [-0.2, 0) is 28.7 Å². The molecule has 0 aromatic rings. The maximum absolute atomic E-state index is 11.2. The van der Waals surface area contributed by atoms with Crippen LogP contribution >= 0.6 is 0 Å². The molecule has 0 aliphatic heterocycles. The Morgan fingerprint density at radius 2 is 1.12 bits per heavy atom. The van der Waals surface area contributed by atoms with Gasteiger partial charge in [0.15, 0.2) is 0 Å². The minimum absolute atomic E-state index is 0.0407. The maximum atomic E-state index is 11.2. The van der Waals surface area contributed by atoms with E-state index in [1.807, 2.05) is 0 Å². The van der Waals surface area contributed by atoms with Crippen molar-refractivity contribution in [3.63, 3.8) is 0 Å². The molecule has 1 N–H and O–H groups in total. The average Bonchev–Trinajstić information content (AvgIpc) is 2.49. The third-order valence-electron chi connectivity index (χ3n) is 3.10. The van der Waals surface area contributed by atoms with Crippen LogP contribution in [-0.4, -0.2) is 42.2 Å². The Morgan fingerprint density at radius 1 is 0.667 bits per heavy atom. The molecule has 0 aliphatic carbocycles. The number of unbranched alkanes of at least 4 members (excludes halogenated alkanes) is 3. The van der Waals surface area contributed by atoms with Crippen LogP contribution in [0.3, 0.4) is 0 Å². The van der Waals surface area contributed by atoms with Gasteiger partial charge in [-0.3, -0.25) is 14.4 Å². The van der Waals surface area contributed by atoms with Crippen molar-refractivity contribution in [3.8, 4) is 0 Å². The highest BCUT2D eigenvalue weighted by atomic mass is 16.5. The summed E-state index contributed by atoms with van der Waals surface area (Å²) in [7, 11) is 0. The Morgan fingerprint density at radius 3 is 1.54 bits per heavy atom. The summed E-state index contributed by atoms with van der Waals surface area (Å²) in [5.74, 6) is -2.90. The lowest BCUT2D eigenvalue weighted by Crippen LogP contribution is -2.22. The number of esters is 2. The Hall–Kier alpha value is -2.12. The van der Waals surface area contributed by atoms with E-state index >= 15 is 0 Å². The van der Waals surface area contributed by atoms with Crippen LogP contribution in [0.4, 0.5) is 0 Å². The zero-order valence-corrected chi connectivity index (χ0v) is 13.8. The molecule has 8 heteroatoms. The van der Waals surface area contributed by atoms with Crippen LogP contribution in [0.2, 0.25) is 0 Å². The molecule has 0 fully saturated rings. The highest BCUT2D eigenvalue weighted by Crippen LogP contribution is 2.04. The van der Waals surface area contributed by atoms with E-state index in [2.05, 4.69) is 0 Å². The largest absolute Gasteiger partial charge is 0.550 e. The van der Waals surface area contributed by atoms with Crippen molar-refractivity contribution in [1.29, 1.82) is 0 Å². The molecule has 0 heterocycles. The van der Waals surface area contributed by atoms with Crippen molar-refractivity contribution in [2.45, 2.75) is 64.2 Å². The molecule has 24 heavy (non-hydrogen) atoms. The van der Waals surface area contributed by atoms with Crippen molar-refractivity contribution in [2.75, 3.05) is 13.2 Å². The molecule has 0 atom stereocenters. The second kappa shape index (κ2) is 14.5. The van der Waals surface area contributed by atoms with Crippen LogP contribution in [0.5, 0.6) is 0 Å². The standard InChI is InChI=1S/C16H26O8/c17-13(18)7-5-9-15(21)23-11-3-1-2-4-12-24-16(22)10-6-8-14(19)20/h1-12H2,(H,17,18)(H,19,20)/p-1. The molecule has 0 rings (SSSR count). The van der Waals surface area contributed by atoms with Crippen molar-refractivity contribution in [2.24, 2.45) is 0 Å². The molecule has 0 saturated carbocycles. The number of carboxylic acid groups (broad SMARTS) is 2. The van der Waals surface area contributed by atoms with E-state index in [0.29, 0.717) is 26.1 Å². The third kappa shape index (κ3) is 16.3. The van der Waals surface area contributed by atoms with E-state index in [1.165, 1.54) is 0 Å². The van der Waals surface area contributed by atoms with Gasteiger partial charge in [-0.1, -0.05) is 0 Å². The summed E-state index contributed by atoms with van der Waals surface area (Å²) in [6.45, 7) is 0.591. The number of hydrogen-bond donors (Lipinski definition) is 1. The van der Waals surface area contributed by atoms with Crippen molar-refractivity contribution in [1.82, 2.24) is 0 Å². The van der Waals surface area contributed by atoms with Crippen LogP contribution in [0.1, 0.15) is 64.2 Å². The second-order valence-corrected chi connectivity index (χ2v) is 5.33. The van der Waals surface area contributed by atoms with Gasteiger partial charge in [-0.25, -0.2) is 0 Å². The van der Waals surface area contributed by atoms with E-state index in [1.54, 1.807) is 0 Å². The summed E-state index contributed by atoms with van der Waals surface area (Å²) < 4.78 is 9.91. The Labute approximate surface area is 141 Å². The zero-order valence-electron chi connectivity index (χ0n) is 13.8. The lowest BCUT2D eigenvalue weighted by Gasteiger charge is -2.06. The minimum atomic E-state index is -1.18. The molecule has 0 saturated heterocycles. The van der Waals surface area contributed by atoms with Gasteiger partial charge < -0.3 is 24.5 Å². The molecule has 0 unspecified atom stereocenters. The van der Waals surface area contributed by atoms with E-state index in [-0.39, 0.29) is 44.5 Å². The van der Waals surface area contributed by atoms with E-state index in [9.17, 15) is 24.3 Å². The lowest BCUT2D eigenvalue weighted by atomic mass is 10.2. The van der Waals surface area contributed by atoms with E-state index in [0.717, 1.165) is 12.8 Å². The molecular formula is C16H25O8-. The van der Waals surface area contributed by atoms with Gasteiger partial charge in [0.05, 0.1) is 13.2 Å². The summed E-state index contributed by atoms with van der Waals surface area (Å²) in [6, 6.07) is 0. The first kappa shape index (κ1) is 21.9. The van der Waals surface area contributed by atoms with Gasteiger partial charge in [-0.2, -0.15) is 0 Å². The quantitative estimate of drug-likeness (QED) is 0.341. The number of ether oxygens (including phenoxy) is 2. The summed E-state index contributed by atoms with van der Waals surface area (Å²) in [6.07, 6.45) is 3.54. The molecule has 0 bridgehead atoms. The Bertz CT molecular complexity index is 367. The predicted octanol–water partition coefficient (Wildman–Crippen LogP) is 0.808. The third-order valence-corrected chi connectivity index (χ3v) is 3.10. The Kier molecular flexibility index (Phi) is 13.2. The van der Waals surface area contributed by atoms with Gasteiger partial charge in [0.25, 0.3) is 0 Å². The SMILES string of the molecule is O=C([O-])CCCC(=O)OCCCCCCOC(=O)CCCC(=O)O. The second-order valence-electron chi connectivity index (χ2n) is 5.33. The molecular weight excluding hydrogens is 320 g/mol. The van der Waals surface area contributed by atoms with E-state index < -0.39 is 17.9 Å². The van der Waals surface area contributed by atoms with E-state index in [4.69, 9.17) is 14.6 Å². The van der Waals surface area contributed by atoms with Crippen molar-refractivity contribution >= 4 is 23.9 Å². The fraction of sp³-hybridized carbons (Fsp3) is 0.750. The summed E-state index contributed by atoms with van der Waals surface area (Å²) >= 11 is 0. The number of carboxylic acids is 2. The van der Waals surface area contributed by atoms with Crippen LogP contribution in [0, 0.1) is 0 Å². The van der Waals surface area contributed by atoms with Crippen LogP contribution in [0.15, 0.2) is 0 Å². The Balaban J connectivity index is 3.32. The molecule has 0 aromatic carbocycles. The predicted molar refractivity (Wildman–Crippen MR) is 80.7 cm³/mol. The lowest BCUT2D eigenvalue weighted by molar-refractivity contribution is -0.305. The molecule has 0 spiro atoms. The van der Waals surface area contributed by atoms with Gasteiger partial charge in [0.1, 0.15) is 0 Å². The zero-order chi connectivity index (χ0) is 18.2. The number of hydrogen-bond acceptors (Lipinski definition) is 7. The molecule has 8 nitrogen and oxygen atoms in total. The first-order chi connectivity index (χ1) is 11.4. The number of carbonyl (C=O) groups excluding carboxylic acids is 3. The maximum Gasteiger partial charge on any atom is 0.305 e. The van der Waals surface area contributed by atoms with Gasteiger partial charge in [0.2, 0.25) is 0 Å². The van der Waals surface area contributed by atoms with Gasteiger partial charge in [-0.05, 0) is 44.9 Å². The average molecular weight is 345 g/mol. The van der Waals surface area contributed by atoms with Gasteiger partial charge in [0, 0.05) is 25.2 Å². The number of aliphatic carboxylic acids is 2. The first-order valence-electron chi connectivity index (χ1n) is 8.14. The molecule has 0 radical (unpaired) electrons. The minimum Gasteiger partial charge on any atom is -0.550 e. The van der Waals surface area contributed by atoms with Crippen molar-refractivity contribution in [3.05, 3.63) is 0 Å². The van der Waals surface area contributed by atoms with Crippen LogP contribution in [0.25, 0.3) is 0 Å². The topological polar surface area (TPSA) is 130 Å². The summed E-state index contributed by atoms with van der Waals surface area (Å²) in [4.78, 5) is 42.9. The molecule has 0 amide bonds. The number of rotatable bonds is 15. The van der Waals surface area contributed by atoms with Gasteiger partial charge >= 0.3 is 17.9 Å². The van der Waals surface area contributed by atoms with Crippen LogP contribution < -0.4 is 5.11 Å². The van der Waals surface area contributed by atoms with Gasteiger partial charge in [-0.15, -0.1) is 0 Å². The molecule has 0 aromatic heterocycles. The summed E-state index contributed by atoms with van der Waals surface area (Å²) in [5.41, 5.74) is 0.